The van der Waals surface area contributed by atoms with Crippen molar-refractivity contribution in [3.05, 3.63) is 93.5 Å². The lowest BCUT2D eigenvalue weighted by Crippen LogP contribution is -2.30. The summed E-state index contributed by atoms with van der Waals surface area (Å²) < 4.78 is 17.6. The topological polar surface area (TPSA) is 81.9 Å². The molecule has 7 nitrogen and oxygen atoms in total. The van der Waals surface area contributed by atoms with Gasteiger partial charge >= 0.3 is 0 Å². The second kappa shape index (κ2) is 9.49. The fourth-order valence-electron chi connectivity index (χ4n) is 4.51. The third kappa shape index (κ3) is 4.11. The van der Waals surface area contributed by atoms with Gasteiger partial charge in [0.25, 0.3) is 5.91 Å². The second-order valence-corrected chi connectivity index (χ2v) is 9.33. The molecule has 184 valence electrons. The largest absolute Gasteiger partial charge is 0.493 e. The van der Waals surface area contributed by atoms with Crippen molar-refractivity contribution in [2.24, 2.45) is 5.92 Å². The Kier molecular flexibility index (Phi) is 6.22. The predicted octanol–water partition coefficient (Wildman–Crippen LogP) is 5.68. The number of rotatable bonds is 7. The van der Waals surface area contributed by atoms with Crippen LogP contribution in [0.1, 0.15) is 53.7 Å². The van der Waals surface area contributed by atoms with E-state index in [1.54, 1.807) is 37.4 Å². The van der Waals surface area contributed by atoms with Crippen LogP contribution in [-0.2, 0) is 0 Å². The Labute approximate surface area is 209 Å². The zero-order chi connectivity index (χ0) is 25.4. The van der Waals surface area contributed by atoms with Gasteiger partial charge in [-0.1, -0.05) is 38.1 Å². The number of hydrogen-bond donors (Lipinski definition) is 0. The highest BCUT2D eigenvalue weighted by molar-refractivity contribution is 6.10. The molecular weight excluding hydrogens is 456 g/mol. The normalized spacial score (nSPS) is 15.0. The van der Waals surface area contributed by atoms with Gasteiger partial charge in [0.05, 0.1) is 30.7 Å². The van der Waals surface area contributed by atoms with E-state index >= 15 is 0 Å². The zero-order valence-electron chi connectivity index (χ0n) is 20.8. The summed E-state index contributed by atoms with van der Waals surface area (Å²) in [5, 5.41) is 0.425. The number of fused-ring (bicyclic) bond motifs is 2. The van der Waals surface area contributed by atoms with Crippen molar-refractivity contribution in [2.75, 3.05) is 18.6 Å². The fourth-order valence-corrected chi connectivity index (χ4v) is 4.51. The Hall–Kier alpha value is -4.13. The van der Waals surface area contributed by atoms with E-state index in [9.17, 15) is 9.59 Å². The van der Waals surface area contributed by atoms with Crippen LogP contribution in [0.15, 0.2) is 69.9 Å². The molecule has 0 N–H and O–H groups in total. The average Bonchev–Trinajstić information content (AvgIpc) is 3.16. The lowest BCUT2D eigenvalue weighted by atomic mass is 9.98. The molecule has 1 amide bonds. The number of methoxy groups -OCH3 is 1. The van der Waals surface area contributed by atoms with Crippen molar-refractivity contribution in [1.82, 2.24) is 4.98 Å². The summed E-state index contributed by atoms with van der Waals surface area (Å²) in [6.07, 6.45) is 0.913. The Morgan fingerprint density at radius 3 is 2.58 bits per heavy atom. The van der Waals surface area contributed by atoms with Crippen LogP contribution in [0.25, 0.3) is 11.0 Å². The molecule has 0 radical (unpaired) electrons. The minimum Gasteiger partial charge on any atom is -0.493 e. The Morgan fingerprint density at radius 2 is 1.83 bits per heavy atom. The first-order chi connectivity index (χ1) is 17.4. The number of aryl methyl sites for hydroxylation is 1. The number of carbonyl (C=O) groups excluding carboxylic acids is 1. The van der Waals surface area contributed by atoms with Crippen LogP contribution in [0.3, 0.4) is 0 Å². The molecule has 0 bridgehead atoms. The van der Waals surface area contributed by atoms with Gasteiger partial charge in [0.15, 0.2) is 16.9 Å². The summed E-state index contributed by atoms with van der Waals surface area (Å²) >= 11 is 0. The second-order valence-electron chi connectivity index (χ2n) is 9.33. The Bertz CT molecular complexity index is 1510. The first-order valence-corrected chi connectivity index (χ1v) is 12.0. The number of amides is 1. The van der Waals surface area contributed by atoms with Crippen LogP contribution in [-0.4, -0.2) is 24.6 Å². The number of para-hydroxylation sites is 1. The minimum atomic E-state index is -0.735. The number of carbonyl (C=O) groups is 1. The van der Waals surface area contributed by atoms with E-state index in [-0.39, 0.29) is 16.8 Å². The van der Waals surface area contributed by atoms with Gasteiger partial charge in [-0.05, 0) is 61.2 Å². The lowest BCUT2D eigenvalue weighted by molar-refractivity contribution is 0.0970. The van der Waals surface area contributed by atoms with Gasteiger partial charge in [-0.3, -0.25) is 14.5 Å². The Morgan fingerprint density at radius 1 is 1.03 bits per heavy atom. The molecular formula is C29H28N2O5. The molecule has 0 spiro atoms. The average molecular weight is 485 g/mol. The van der Waals surface area contributed by atoms with E-state index < -0.39 is 11.9 Å². The molecule has 1 atom stereocenters. The van der Waals surface area contributed by atoms with Crippen LogP contribution in [0.4, 0.5) is 5.82 Å². The molecule has 1 aliphatic rings. The van der Waals surface area contributed by atoms with Crippen molar-refractivity contribution >= 4 is 22.7 Å². The molecule has 36 heavy (non-hydrogen) atoms. The number of hydrogen-bond acceptors (Lipinski definition) is 6. The van der Waals surface area contributed by atoms with Crippen molar-refractivity contribution < 1.29 is 18.7 Å². The molecule has 0 saturated carbocycles. The van der Waals surface area contributed by atoms with Gasteiger partial charge in [-0.2, -0.15) is 0 Å². The summed E-state index contributed by atoms with van der Waals surface area (Å²) in [5.41, 5.74) is 1.87. The summed E-state index contributed by atoms with van der Waals surface area (Å²) in [4.78, 5) is 33.5. The van der Waals surface area contributed by atoms with Crippen molar-refractivity contribution in [2.45, 2.75) is 33.2 Å². The van der Waals surface area contributed by atoms with E-state index in [1.807, 2.05) is 37.3 Å². The molecule has 5 rings (SSSR count). The van der Waals surface area contributed by atoms with E-state index in [1.165, 1.54) is 4.90 Å². The molecule has 0 saturated heterocycles. The van der Waals surface area contributed by atoms with E-state index in [0.29, 0.717) is 46.4 Å². The molecule has 4 aromatic rings. The van der Waals surface area contributed by atoms with Gasteiger partial charge in [0.1, 0.15) is 11.4 Å². The van der Waals surface area contributed by atoms with Crippen LogP contribution >= 0.6 is 0 Å². The molecule has 1 aliphatic heterocycles. The minimum absolute atomic E-state index is 0.0308. The lowest BCUT2D eigenvalue weighted by Gasteiger charge is -2.25. The Balaban J connectivity index is 1.68. The maximum Gasteiger partial charge on any atom is 0.296 e. The van der Waals surface area contributed by atoms with Gasteiger partial charge in [0, 0.05) is 5.69 Å². The van der Waals surface area contributed by atoms with Crippen molar-refractivity contribution in [3.8, 4) is 11.5 Å². The van der Waals surface area contributed by atoms with Crippen molar-refractivity contribution in [1.29, 1.82) is 0 Å². The third-order valence-corrected chi connectivity index (χ3v) is 6.35. The highest BCUT2D eigenvalue weighted by Crippen LogP contribution is 2.42. The first kappa shape index (κ1) is 23.6. The highest BCUT2D eigenvalue weighted by Gasteiger charge is 2.44. The molecule has 0 fully saturated rings. The number of ether oxygens (including phenoxy) is 2. The van der Waals surface area contributed by atoms with E-state index in [4.69, 9.17) is 13.9 Å². The summed E-state index contributed by atoms with van der Waals surface area (Å²) in [7, 11) is 1.57. The fraction of sp³-hybridized carbons (Fsp3) is 0.276. The predicted molar refractivity (Wildman–Crippen MR) is 138 cm³/mol. The molecule has 2 aromatic carbocycles. The first-order valence-electron chi connectivity index (χ1n) is 12.0. The number of nitrogens with zero attached hydrogens (tertiary/aromatic N) is 2. The molecule has 7 heteroatoms. The summed E-state index contributed by atoms with van der Waals surface area (Å²) in [5.74, 6) is 1.71. The zero-order valence-corrected chi connectivity index (χ0v) is 20.8. The number of aromatic nitrogens is 1. The van der Waals surface area contributed by atoms with Crippen LogP contribution in [0.5, 0.6) is 11.5 Å². The maximum atomic E-state index is 13.7. The van der Waals surface area contributed by atoms with Crippen LogP contribution < -0.4 is 19.8 Å². The summed E-state index contributed by atoms with van der Waals surface area (Å²) in [6.45, 7) is 6.70. The quantitative estimate of drug-likeness (QED) is 0.336. The highest BCUT2D eigenvalue weighted by atomic mass is 16.5. The van der Waals surface area contributed by atoms with Crippen LogP contribution in [0.2, 0.25) is 0 Å². The molecule has 3 heterocycles. The number of benzene rings is 2. The SMILES string of the molecule is COc1cc(C2c3c(oc4ccccc4c3=O)C(=O)N2c2cccc(C)n2)ccc1OCCC(C)C. The molecule has 2 aromatic heterocycles. The van der Waals surface area contributed by atoms with Gasteiger partial charge in [-0.25, -0.2) is 4.98 Å². The van der Waals surface area contributed by atoms with Gasteiger partial charge < -0.3 is 13.9 Å². The molecule has 1 unspecified atom stereocenters. The van der Waals surface area contributed by atoms with Crippen LogP contribution in [0, 0.1) is 12.8 Å². The standard InChI is InChI=1S/C29H28N2O5/c1-17(2)14-15-35-22-13-12-19(16-23(22)34-4)26-25-27(32)20-9-5-6-10-21(20)36-28(25)29(33)31(26)24-11-7-8-18(3)30-24/h5-13,16-17,26H,14-15H2,1-4H3. The monoisotopic (exact) mass is 484 g/mol. The maximum absolute atomic E-state index is 13.7. The molecule has 0 aliphatic carbocycles. The van der Waals surface area contributed by atoms with Crippen molar-refractivity contribution in [3.63, 3.8) is 0 Å². The van der Waals surface area contributed by atoms with E-state index in [0.717, 1.165) is 12.1 Å². The van der Waals surface area contributed by atoms with E-state index in [2.05, 4.69) is 18.8 Å². The summed E-state index contributed by atoms with van der Waals surface area (Å²) in [6, 6.07) is 17.2. The number of anilines is 1. The van der Waals surface area contributed by atoms with Gasteiger partial charge in [0.2, 0.25) is 5.76 Å². The third-order valence-electron chi connectivity index (χ3n) is 6.35. The smallest absolute Gasteiger partial charge is 0.296 e. The van der Waals surface area contributed by atoms with Gasteiger partial charge in [-0.15, -0.1) is 0 Å². The number of pyridine rings is 1.